The molecule has 3 heterocycles. The molecule has 4 nitrogen and oxygen atoms in total. The van der Waals surface area contributed by atoms with Crippen LogP contribution in [0.3, 0.4) is 0 Å². The van der Waals surface area contributed by atoms with Crippen molar-refractivity contribution in [3.8, 4) is 0 Å². The molecule has 0 aliphatic carbocycles. The Morgan fingerprint density at radius 2 is 2.29 bits per heavy atom. The van der Waals surface area contributed by atoms with E-state index in [0.29, 0.717) is 17.0 Å². The second-order valence-electron chi connectivity index (χ2n) is 5.51. The lowest BCUT2D eigenvalue weighted by atomic mass is 9.99. The van der Waals surface area contributed by atoms with Gasteiger partial charge in [0.05, 0.1) is 6.20 Å². The van der Waals surface area contributed by atoms with Crippen LogP contribution in [-0.4, -0.2) is 32.1 Å². The fourth-order valence-corrected chi connectivity index (χ4v) is 4.15. The van der Waals surface area contributed by atoms with Gasteiger partial charge in [-0.3, -0.25) is 0 Å². The van der Waals surface area contributed by atoms with E-state index >= 15 is 0 Å². The fraction of sp³-hybridized carbons (Fsp3) is 0.600. The number of anilines is 1. The Balaban J connectivity index is 2.02. The first-order valence-corrected chi connectivity index (χ1v) is 9.14. The Labute approximate surface area is 134 Å². The molecule has 2 aromatic rings. The third-order valence-electron chi connectivity index (χ3n) is 4.13. The number of thioether (sulfide) groups is 1. The molecule has 0 bridgehead atoms. The van der Waals surface area contributed by atoms with Crippen molar-refractivity contribution in [2.24, 2.45) is 0 Å². The molecule has 1 aliphatic heterocycles. The topological polar surface area (TPSA) is 42.2 Å². The number of rotatable bonds is 5. The molecule has 0 amide bonds. The molecule has 1 N–H and O–H groups in total. The molecule has 0 spiro atoms. The highest BCUT2D eigenvalue weighted by Crippen LogP contribution is 2.28. The van der Waals surface area contributed by atoms with E-state index in [4.69, 9.17) is 16.6 Å². The van der Waals surface area contributed by atoms with Gasteiger partial charge in [-0.25, -0.2) is 4.98 Å². The highest BCUT2D eigenvalue weighted by molar-refractivity contribution is 7.99. The normalized spacial score (nSPS) is 18.8. The first-order valence-electron chi connectivity index (χ1n) is 7.61. The van der Waals surface area contributed by atoms with Crippen molar-refractivity contribution >= 4 is 34.8 Å². The van der Waals surface area contributed by atoms with E-state index in [0.717, 1.165) is 35.8 Å². The van der Waals surface area contributed by atoms with Gasteiger partial charge in [0.1, 0.15) is 10.8 Å². The smallest absolute Gasteiger partial charge is 0.176 e. The number of hydrogen-bond acceptors (Lipinski definition) is 4. The maximum Gasteiger partial charge on any atom is 0.176 e. The average molecular weight is 325 g/mol. The molecule has 1 aliphatic rings. The van der Waals surface area contributed by atoms with Crippen molar-refractivity contribution < 1.29 is 0 Å². The number of fused-ring (bicyclic) bond motifs is 1. The van der Waals surface area contributed by atoms with E-state index in [2.05, 4.69) is 30.3 Å². The van der Waals surface area contributed by atoms with Gasteiger partial charge in [-0.1, -0.05) is 25.4 Å². The number of hydrogen-bond donors (Lipinski definition) is 1. The summed E-state index contributed by atoms with van der Waals surface area (Å²) in [6, 6.07) is 2.66. The zero-order valence-electron chi connectivity index (χ0n) is 12.5. The minimum Gasteiger partial charge on any atom is -0.366 e. The molecule has 6 heteroatoms. The number of nitrogens with one attached hydrogen (secondary N) is 1. The van der Waals surface area contributed by atoms with Crippen LogP contribution in [-0.2, 0) is 0 Å². The molecule has 3 rings (SSSR count). The summed E-state index contributed by atoms with van der Waals surface area (Å²) in [5.41, 5.74) is 1.87. The molecular formula is C15H21ClN4S. The Hall–Kier alpha value is -0.940. The zero-order chi connectivity index (χ0) is 14.8. The lowest BCUT2D eigenvalue weighted by molar-refractivity contribution is 0.622. The molecule has 114 valence electrons. The highest BCUT2D eigenvalue weighted by atomic mass is 35.5. The number of aromatic nitrogens is 3. The van der Waals surface area contributed by atoms with E-state index < -0.39 is 0 Å². The largest absolute Gasteiger partial charge is 0.366 e. The lowest BCUT2D eigenvalue weighted by Crippen LogP contribution is -2.21. The first-order chi connectivity index (χ1) is 10.2. The Bertz CT molecular complexity index is 617. The van der Waals surface area contributed by atoms with Crippen LogP contribution in [0.1, 0.15) is 44.7 Å². The van der Waals surface area contributed by atoms with Crippen LogP contribution in [0.25, 0.3) is 5.65 Å². The van der Waals surface area contributed by atoms with Crippen molar-refractivity contribution in [2.75, 3.05) is 16.8 Å². The van der Waals surface area contributed by atoms with E-state index in [1.54, 1.807) is 6.20 Å². The molecular weight excluding hydrogens is 304 g/mol. The van der Waals surface area contributed by atoms with E-state index in [1.807, 2.05) is 16.3 Å². The van der Waals surface area contributed by atoms with Crippen LogP contribution in [0.5, 0.6) is 0 Å². The Kier molecular flexibility index (Phi) is 4.60. The molecule has 0 unspecified atom stereocenters. The van der Waals surface area contributed by atoms with Gasteiger partial charge in [0.2, 0.25) is 0 Å². The molecule has 1 fully saturated rings. The van der Waals surface area contributed by atoms with Crippen LogP contribution in [0.4, 0.5) is 5.82 Å². The van der Waals surface area contributed by atoms with Crippen molar-refractivity contribution in [1.29, 1.82) is 0 Å². The minimum absolute atomic E-state index is 0.472. The number of halogens is 1. The van der Waals surface area contributed by atoms with Gasteiger partial charge in [-0.2, -0.15) is 21.4 Å². The van der Waals surface area contributed by atoms with Crippen molar-refractivity contribution in [3.63, 3.8) is 0 Å². The summed E-state index contributed by atoms with van der Waals surface area (Å²) < 4.78 is 1.83. The average Bonchev–Trinajstić information content (AvgIpc) is 3.11. The summed E-state index contributed by atoms with van der Waals surface area (Å²) in [6.07, 6.45) is 5.05. The molecule has 0 radical (unpaired) electrons. The fourth-order valence-electron chi connectivity index (χ4n) is 2.83. The zero-order valence-corrected chi connectivity index (χ0v) is 14.0. The van der Waals surface area contributed by atoms with Gasteiger partial charge < -0.3 is 5.32 Å². The Morgan fingerprint density at radius 3 is 2.95 bits per heavy atom. The van der Waals surface area contributed by atoms with Gasteiger partial charge in [0, 0.05) is 29.5 Å². The maximum absolute atomic E-state index is 6.25. The summed E-state index contributed by atoms with van der Waals surface area (Å²) in [5.74, 6) is 3.87. The predicted octanol–water partition coefficient (Wildman–Crippen LogP) is 4.20. The second kappa shape index (κ2) is 6.44. The first kappa shape index (κ1) is 15.0. The van der Waals surface area contributed by atoms with Crippen LogP contribution >= 0.6 is 23.4 Å². The van der Waals surface area contributed by atoms with Crippen molar-refractivity contribution in [2.45, 2.75) is 45.1 Å². The summed E-state index contributed by atoms with van der Waals surface area (Å²) in [4.78, 5) is 4.74. The molecule has 21 heavy (non-hydrogen) atoms. The van der Waals surface area contributed by atoms with Crippen LogP contribution in [0.15, 0.2) is 12.3 Å². The minimum atomic E-state index is 0.472. The number of nitrogens with zero attached hydrogens (tertiary/aromatic N) is 3. The lowest BCUT2D eigenvalue weighted by Gasteiger charge is -2.18. The summed E-state index contributed by atoms with van der Waals surface area (Å²) in [5, 5.41) is 8.60. The van der Waals surface area contributed by atoms with E-state index in [1.165, 1.54) is 12.2 Å². The second-order valence-corrected chi connectivity index (χ2v) is 7.07. The van der Waals surface area contributed by atoms with E-state index in [-0.39, 0.29) is 0 Å². The van der Waals surface area contributed by atoms with Gasteiger partial charge in [-0.05, 0) is 25.0 Å². The summed E-state index contributed by atoms with van der Waals surface area (Å²) >= 11 is 8.24. The van der Waals surface area contributed by atoms with Crippen LogP contribution < -0.4 is 5.32 Å². The van der Waals surface area contributed by atoms with Gasteiger partial charge >= 0.3 is 0 Å². The summed E-state index contributed by atoms with van der Waals surface area (Å²) in [6.45, 7) is 4.41. The van der Waals surface area contributed by atoms with Crippen LogP contribution in [0.2, 0.25) is 5.02 Å². The SMILES string of the molecule is CCC(CC)c1cc(N[C@H]2CCSC2)n2ncc(Cl)c2n1. The summed E-state index contributed by atoms with van der Waals surface area (Å²) in [7, 11) is 0. The molecule has 1 saturated heterocycles. The van der Waals surface area contributed by atoms with Gasteiger partial charge in [-0.15, -0.1) is 0 Å². The maximum atomic E-state index is 6.25. The predicted molar refractivity (Wildman–Crippen MR) is 90.7 cm³/mol. The third kappa shape index (κ3) is 2.99. The van der Waals surface area contributed by atoms with Gasteiger partial charge in [0.25, 0.3) is 0 Å². The van der Waals surface area contributed by atoms with Crippen LogP contribution in [0, 0.1) is 0 Å². The molecule has 0 aromatic carbocycles. The standard InChI is InChI=1S/C15H21ClN4S/c1-3-10(4-2)13-7-14(18-11-5-6-21-9-11)20-15(19-13)12(16)8-17-20/h7-8,10-11,18H,3-6,9H2,1-2H3/t11-/m0/s1. The molecule has 0 saturated carbocycles. The third-order valence-corrected chi connectivity index (χ3v) is 5.56. The van der Waals surface area contributed by atoms with Gasteiger partial charge in [0.15, 0.2) is 5.65 Å². The quantitative estimate of drug-likeness (QED) is 0.895. The highest BCUT2D eigenvalue weighted by Gasteiger charge is 2.19. The molecule has 2 aromatic heterocycles. The monoisotopic (exact) mass is 324 g/mol. The molecule has 1 atom stereocenters. The van der Waals surface area contributed by atoms with Crippen molar-refractivity contribution in [1.82, 2.24) is 14.6 Å². The Morgan fingerprint density at radius 1 is 1.48 bits per heavy atom. The van der Waals surface area contributed by atoms with Crippen molar-refractivity contribution in [3.05, 3.63) is 23.0 Å². The van der Waals surface area contributed by atoms with E-state index in [9.17, 15) is 0 Å².